The Balaban J connectivity index is 1.74. The summed E-state index contributed by atoms with van der Waals surface area (Å²) in [7, 11) is 0. The van der Waals surface area contributed by atoms with E-state index in [1.807, 2.05) is 39.8 Å². The van der Waals surface area contributed by atoms with E-state index in [1.54, 1.807) is 29.2 Å². The smallest absolute Gasteiger partial charge is 0.323 e. The molecule has 2 aromatic rings. The summed E-state index contributed by atoms with van der Waals surface area (Å²) in [5.41, 5.74) is 2.73. The molecule has 9 heteroatoms. The van der Waals surface area contributed by atoms with Crippen LogP contribution in [0.1, 0.15) is 70.4 Å². The number of carbonyl (C=O) groups is 3. The van der Waals surface area contributed by atoms with Crippen molar-refractivity contribution in [3.05, 3.63) is 85.1 Å². The first-order valence-corrected chi connectivity index (χ1v) is 14.7. The maximum absolute atomic E-state index is 14.0. The van der Waals surface area contributed by atoms with E-state index >= 15 is 0 Å². The molecule has 2 aromatic carbocycles. The van der Waals surface area contributed by atoms with Crippen molar-refractivity contribution in [1.82, 2.24) is 4.90 Å². The lowest BCUT2D eigenvalue weighted by atomic mass is 9.63. The molecule has 0 spiro atoms. The van der Waals surface area contributed by atoms with Crippen LogP contribution >= 0.6 is 34.8 Å². The Bertz CT molecular complexity index is 1470. The molecule has 0 unspecified atom stereocenters. The Labute approximate surface area is 254 Å². The van der Waals surface area contributed by atoms with Crippen molar-refractivity contribution < 1.29 is 24.2 Å². The fourth-order valence-corrected chi connectivity index (χ4v) is 7.06. The maximum atomic E-state index is 14.0. The molecular weight excluding hydrogens is 585 g/mol. The molecule has 0 bridgehead atoms. The number of carbonyl (C=O) groups excluding carboxylic acids is 2. The molecule has 1 heterocycles. The lowest BCUT2D eigenvalue weighted by Gasteiger charge is -2.48. The van der Waals surface area contributed by atoms with Crippen molar-refractivity contribution in [2.45, 2.75) is 65.9 Å². The standard InChI is InChI=1S/C32H32Cl3NO5/c1-31(2)11-22-28(24(37)13-31)27(29-23(36(22)15-26(39)40)12-32(3,4)14-25(29)38)20-9-19(34)10-21(35)30(20)41-16-17-5-7-18(33)8-6-17/h5-10,27H,11-16H2,1-4H3,(H,39,40). The van der Waals surface area contributed by atoms with Crippen molar-refractivity contribution in [1.29, 1.82) is 0 Å². The van der Waals surface area contributed by atoms with Crippen molar-refractivity contribution in [3.8, 4) is 5.75 Å². The van der Waals surface area contributed by atoms with Crippen LogP contribution in [-0.4, -0.2) is 34.1 Å². The third-order valence-electron chi connectivity index (χ3n) is 7.96. The van der Waals surface area contributed by atoms with Crippen molar-refractivity contribution >= 4 is 52.3 Å². The number of ether oxygens (including phenoxy) is 1. The Morgan fingerprint density at radius 1 is 0.878 bits per heavy atom. The minimum absolute atomic E-state index is 0.124. The van der Waals surface area contributed by atoms with Gasteiger partial charge in [0.15, 0.2) is 11.6 Å². The Morgan fingerprint density at radius 2 is 1.41 bits per heavy atom. The van der Waals surface area contributed by atoms with E-state index in [2.05, 4.69) is 0 Å². The number of hydrogen-bond acceptors (Lipinski definition) is 5. The molecule has 0 saturated carbocycles. The van der Waals surface area contributed by atoms with E-state index in [0.29, 0.717) is 56.7 Å². The van der Waals surface area contributed by atoms with E-state index in [0.717, 1.165) is 5.56 Å². The molecule has 6 nitrogen and oxygen atoms in total. The van der Waals surface area contributed by atoms with E-state index in [-0.39, 0.29) is 53.4 Å². The lowest BCUT2D eigenvalue weighted by Crippen LogP contribution is -2.45. The molecule has 0 fully saturated rings. The second-order valence-electron chi connectivity index (χ2n) is 12.7. The minimum atomic E-state index is -1.04. The summed E-state index contributed by atoms with van der Waals surface area (Å²) >= 11 is 19.3. The molecule has 216 valence electrons. The highest BCUT2D eigenvalue weighted by Gasteiger charge is 2.50. The molecular formula is C32H32Cl3NO5. The number of carboxylic acid groups (broad SMARTS) is 1. The van der Waals surface area contributed by atoms with Crippen LogP contribution in [0.4, 0.5) is 0 Å². The Kier molecular flexibility index (Phi) is 7.82. The first-order chi connectivity index (χ1) is 19.2. The summed E-state index contributed by atoms with van der Waals surface area (Å²) < 4.78 is 6.30. The van der Waals surface area contributed by atoms with E-state index in [9.17, 15) is 19.5 Å². The van der Waals surface area contributed by atoms with Crippen LogP contribution in [0.3, 0.4) is 0 Å². The number of aliphatic carboxylic acids is 1. The van der Waals surface area contributed by atoms with E-state index in [4.69, 9.17) is 39.5 Å². The van der Waals surface area contributed by atoms with Gasteiger partial charge >= 0.3 is 5.97 Å². The largest absolute Gasteiger partial charge is 0.487 e. The van der Waals surface area contributed by atoms with Gasteiger partial charge in [0.25, 0.3) is 0 Å². The number of ketones is 2. The van der Waals surface area contributed by atoms with Gasteiger partial charge in [-0.25, -0.2) is 0 Å². The predicted octanol–water partition coefficient (Wildman–Crippen LogP) is 8.00. The van der Waals surface area contributed by atoms with Crippen molar-refractivity contribution in [3.63, 3.8) is 0 Å². The Hall–Kier alpha value is -2.80. The number of Topliss-reactive ketones (excluding diaryl/α,β-unsaturated/α-hetero) is 2. The third kappa shape index (κ3) is 5.93. The number of hydrogen-bond donors (Lipinski definition) is 1. The highest BCUT2D eigenvalue weighted by molar-refractivity contribution is 6.35. The van der Waals surface area contributed by atoms with Crippen LogP contribution in [0.15, 0.2) is 58.9 Å². The molecule has 0 radical (unpaired) electrons. The first kappa shape index (κ1) is 29.7. The highest BCUT2D eigenvalue weighted by Crippen LogP contribution is 2.56. The fourth-order valence-electron chi connectivity index (χ4n) is 6.37. The quantitative estimate of drug-likeness (QED) is 0.354. The van der Waals surface area contributed by atoms with Crippen LogP contribution < -0.4 is 4.74 Å². The van der Waals surface area contributed by atoms with Gasteiger partial charge in [0.05, 0.1) is 5.02 Å². The van der Waals surface area contributed by atoms with Gasteiger partial charge in [-0.3, -0.25) is 14.4 Å². The van der Waals surface area contributed by atoms with Gasteiger partial charge in [-0.1, -0.05) is 74.6 Å². The number of rotatable bonds is 6. The monoisotopic (exact) mass is 615 g/mol. The molecule has 41 heavy (non-hydrogen) atoms. The average molecular weight is 617 g/mol. The van der Waals surface area contributed by atoms with Crippen LogP contribution in [0, 0.1) is 10.8 Å². The fraction of sp³-hybridized carbons (Fsp3) is 0.406. The second-order valence-corrected chi connectivity index (χ2v) is 14.0. The molecule has 2 aliphatic carbocycles. The van der Waals surface area contributed by atoms with Crippen LogP contribution in [-0.2, 0) is 21.0 Å². The summed E-state index contributed by atoms with van der Waals surface area (Å²) in [6.07, 6.45) is 1.50. The van der Waals surface area contributed by atoms with Gasteiger partial charge in [0, 0.05) is 56.9 Å². The normalized spacial score (nSPS) is 20.2. The maximum Gasteiger partial charge on any atom is 0.323 e. The van der Waals surface area contributed by atoms with E-state index in [1.165, 1.54) is 0 Å². The average Bonchev–Trinajstić information content (AvgIpc) is 2.83. The minimum Gasteiger partial charge on any atom is -0.487 e. The number of carboxylic acids is 1. The summed E-state index contributed by atoms with van der Waals surface area (Å²) in [5, 5.41) is 11.1. The molecule has 0 saturated heterocycles. The predicted molar refractivity (Wildman–Crippen MR) is 159 cm³/mol. The first-order valence-electron chi connectivity index (χ1n) is 13.5. The van der Waals surface area contributed by atoms with Crippen LogP contribution in [0.25, 0.3) is 0 Å². The summed E-state index contributed by atoms with van der Waals surface area (Å²) in [6, 6.07) is 10.5. The van der Waals surface area contributed by atoms with Crippen molar-refractivity contribution in [2.24, 2.45) is 10.8 Å². The number of halogens is 3. The van der Waals surface area contributed by atoms with Gasteiger partial charge in [-0.2, -0.15) is 0 Å². The zero-order valence-electron chi connectivity index (χ0n) is 23.4. The summed E-state index contributed by atoms with van der Waals surface area (Å²) in [5.74, 6) is -1.74. The molecule has 0 amide bonds. The molecule has 3 aliphatic rings. The highest BCUT2D eigenvalue weighted by atomic mass is 35.5. The molecule has 5 rings (SSSR count). The SMILES string of the molecule is CC1(C)CC(=O)C2=C(C1)N(CC(=O)O)C1=C(C(=O)CC(C)(C)C1)C2c1cc(Cl)cc(Cl)c1OCc1ccc(Cl)cc1. The van der Waals surface area contributed by atoms with Gasteiger partial charge < -0.3 is 14.7 Å². The molecule has 1 N–H and O–H groups in total. The van der Waals surface area contributed by atoms with Gasteiger partial charge in [-0.15, -0.1) is 0 Å². The van der Waals surface area contributed by atoms with Crippen LogP contribution in [0.5, 0.6) is 5.75 Å². The Morgan fingerprint density at radius 3 is 1.93 bits per heavy atom. The summed E-state index contributed by atoms with van der Waals surface area (Å²) in [6.45, 7) is 7.83. The molecule has 0 aromatic heterocycles. The number of allylic oxidation sites excluding steroid dienone is 4. The zero-order valence-corrected chi connectivity index (χ0v) is 25.7. The topological polar surface area (TPSA) is 83.9 Å². The lowest BCUT2D eigenvalue weighted by molar-refractivity contribution is -0.138. The number of nitrogens with zero attached hydrogens (tertiary/aromatic N) is 1. The number of benzene rings is 2. The zero-order chi connectivity index (χ0) is 29.9. The van der Waals surface area contributed by atoms with Crippen molar-refractivity contribution in [2.75, 3.05) is 6.54 Å². The second kappa shape index (κ2) is 10.8. The van der Waals surface area contributed by atoms with E-state index < -0.39 is 11.9 Å². The molecule has 0 atom stereocenters. The van der Waals surface area contributed by atoms with Gasteiger partial charge in [0.1, 0.15) is 18.9 Å². The van der Waals surface area contributed by atoms with Crippen LogP contribution in [0.2, 0.25) is 15.1 Å². The van der Waals surface area contributed by atoms with Gasteiger partial charge in [0.2, 0.25) is 0 Å². The third-order valence-corrected chi connectivity index (χ3v) is 8.71. The summed E-state index contributed by atoms with van der Waals surface area (Å²) in [4.78, 5) is 41.8. The molecule has 1 aliphatic heterocycles. The van der Waals surface area contributed by atoms with Gasteiger partial charge in [-0.05, 0) is 53.5 Å².